The van der Waals surface area contributed by atoms with Gasteiger partial charge in [0.1, 0.15) is 25.3 Å². The van der Waals surface area contributed by atoms with Crippen LogP contribution < -0.4 is 0 Å². The van der Waals surface area contributed by atoms with E-state index in [1.54, 1.807) is 18.2 Å². The van der Waals surface area contributed by atoms with E-state index >= 15 is 0 Å². The quantitative estimate of drug-likeness (QED) is 0.191. The second-order valence-corrected chi connectivity index (χ2v) is 11.2. The Morgan fingerprint density at radius 1 is 0.837 bits per heavy atom. The first-order valence-electron chi connectivity index (χ1n) is 15.3. The molecule has 49 heavy (non-hydrogen) atoms. The first kappa shape index (κ1) is 37.7. The number of carbonyl (C=O) groups excluding carboxylic acids is 6. The second kappa shape index (κ2) is 18.0. The van der Waals surface area contributed by atoms with Gasteiger partial charge in [0, 0.05) is 0 Å². The molecule has 0 radical (unpaired) electrons. The number of Topliss-reactive ketones (excluding diaryl/α,β-unsaturated/α-hetero) is 2. The van der Waals surface area contributed by atoms with Gasteiger partial charge < -0.3 is 18.9 Å². The van der Waals surface area contributed by atoms with Gasteiger partial charge in [-0.15, -0.1) is 13.2 Å². The molecular formula is C36H39N3O10. The molecule has 2 aromatic rings. The van der Waals surface area contributed by atoms with Crippen molar-refractivity contribution in [2.75, 3.05) is 27.3 Å². The van der Waals surface area contributed by atoms with Crippen molar-refractivity contribution in [3.8, 4) is 6.07 Å². The first-order valence-corrected chi connectivity index (χ1v) is 15.3. The van der Waals surface area contributed by atoms with E-state index in [2.05, 4.69) is 13.2 Å². The number of likely N-dealkylation sites (tertiary alicyclic amines) is 2. The predicted molar refractivity (Wildman–Crippen MR) is 174 cm³/mol. The number of rotatable bonds is 11. The number of methoxy groups -OCH3 is 2. The lowest BCUT2D eigenvalue weighted by molar-refractivity contribution is -0.150. The minimum atomic E-state index is -1.37. The molecule has 1 unspecified atom stereocenters. The number of benzene rings is 2. The molecule has 4 rings (SSSR count). The molecule has 2 aliphatic heterocycles. The summed E-state index contributed by atoms with van der Waals surface area (Å²) in [5.74, 6) is -2.60. The number of nitriles is 1. The van der Waals surface area contributed by atoms with Crippen LogP contribution in [0.3, 0.4) is 0 Å². The van der Waals surface area contributed by atoms with Gasteiger partial charge in [0.15, 0.2) is 11.6 Å². The molecule has 13 heteroatoms. The van der Waals surface area contributed by atoms with Crippen LogP contribution >= 0.6 is 0 Å². The molecule has 0 bridgehead atoms. The lowest BCUT2D eigenvalue weighted by atomic mass is 9.74. The molecule has 0 aliphatic carbocycles. The highest BCUT2D eigenvalue weighted by Gasteiger charge is 2.59. The number of hydrogen-bond donors (Lipinski definition) is 0. The Morgan fingerprint density at radius 3 is 1.84 bits per heavy atom. The fourth-order valence-electron chi connectivity index (χ4n) is 5.79. The van der Waals surface area contributed by atoms with Crippen molar-refractivity contribution >= 4 is 35.7 Å². The fraction of sp³-hybridized carbons (Fsp3) is 0.361. The Hall–Kier alpha value is -5.77. The lowest BCUT2D eigenvalue weighted by Crippen LogP contribution is -2.49. The van der Waals surface area contributed by atoms with Crippen LogP contribution in [0, 0.1) is 22.7 Å². The van der Waals surface area contributed by atoms with E-state index in [0.717, 1.165) is 20.9 Å². The molecule has 2 aliphatic rings. The van der Waals surface area contributed by atoms with Gasteiger partial charge in [0.25, 0.3) is 0 Å². The van der Waals surface area contributed by atoms with Gasteiger partial charge in [-0.1, -0.05) is 72.8 Å². The van der Waals surface area contributed by atoms with Gasteiger partial charge in [0.05, 0.1) is 51.1 Å². The molecule has 0 aromatic heterocycles. The number of nitrogens with zero attached hydrogens (tertiary/aromatic N) is 3. The average Bonchev–Trinajstić information content (AvgIpc) is 3.60. The van der Waals surface area contributed by atoms with Crippen molar-refractivity contribution in [2.45, 2.75) is 44.6 Å². The minimum absolute atomic E-state index is 0.00493. The fourth-order valence-corrected chi connectivity index (χ4v) is 5.79. The summed E-state index contributed by atoms with van der Waals surface area (Å²) in [6.07, 6.45) is 1.68. The predicted octanol–water partition coefficient (Wildman–Crippen LogP) is 4.17. The molecule has 0 spiro atoms. The number of ketones is 2. The summed E-state index contributed by atoms with van der Waals surface area (Å²) in [7, 11) is 2.40. The minimum Gasteiger partial charge on any atom is -0.467 e. The van der Waals surface area contributed by atoms with Crippen LogP contribution in [0.5, 0.6) is 0 Å². The van der Waals surface area contributed by atoms with Crippen molar-refractivity contribution in [3.63, 3.8) is 0 Å². The van der Waals surface area contributed by atoms with Gasteiger partial charge in [-0.2, -0.15) is 5.26 Å². The molecule has 0 N–H and O–H groups in total. The lowest BCUT2D eigenvalue weighted by Gasteiger charge is -2.31. The standard InChI is InChI=1S/C19H20N2O5.C17H19NO5/c1-3-9-19(10-11-20)15(22)12-21(16(19)17(23)25-2)18(24)26-13-14-7-5-4-6-8-14;1-3-7-13-14(19)10-18(15(13)16(20)22-2)17(21)23-11-12-8-5-4-6-9-12/h3-8,16H,1,9-10,12-13H2,2H3;3-6,8-9,13,15H,1,7,10-11H2,2H3/t16-,19+;13?,15-/m10/s1. The molecule has 2 fully saturated rings. The molecule has 13 nitrogen and oxygen atoms in total. The van der Waals surface area contributed by atoms with Crippen molar-refractivity contribution in [2.24, 2.45) is 11.3 Å². The highest BCUT2D eigenvalue weighted by molar-refractivity contribution is 6.01. The van der Waals surface area contributed by atoms with E-state index in [0.29, 0.717) is 6.42 Å². The third-order valence-electron chi connectivity index (χ3n) is 8.23. The smallest absolute Gasteiger partial charge is 0.411 e. The summed E-state index contributed by atoms with van der Waals surface area (Å²) in [5, 5.41) is 9.16. The van der Waals surface area contributed by atoms with E-state index in [9.17, 15) is 28.8 Å². The summed E-state index contributed by atoms with van der Waals surface area (Å²) in [4.78, 5) is 76.0. The van der Waals surface area contributed by atoms with Gasteiger partial charge in [-0.05, 0) is 24.0 Å². The second-order valence-electron chi connectivity index (χ2n) is 11.2. The van der Waals surface area contributed by atoms with E-state index in [4.69, 9.17) is 24.2 Å². The SMILES string of the molecule is C=CCC1C(=O)CN(C(=O)OCc2ccccc2)[C@@H]1C(=O)OC.C=CC[C@]1(CC#N)C(=O)CN(C(=O)OCc2ccccc2)[C@@H]1C(=O)OC. The highest BCUT2D eigenvalue weighted by atomic mass is 16.6. The molecule has 4 atom stereocenters. The third-order valence-corrected chi connectivity index (χ3v) is 8.23. The van der Waals surface area contributed by atoms with Crippen LogP contribution in [0.4, 0.5) is 9.59 Å². The normalized spacial score (nSPS) is 21.0. The number of allylic oxidation sites excluding steroid dienone is 2. The zero-order chi connectivity index (χ0) is 36.0. The Morgan fingerprint density at radius 2 is 1.37 bits per heavy atom. The van der Waals surface area contributed by atoms with Gasteiger partial charge in [0.2, 0.25) is 0 Å². The number of hydrogen-bond acceptors (Lipinski definition) is 11. The maximum atomic E-state index is 12.6. The Labute approximate surface area is 284 Å². The highest BCUT2D eigenvalue weighted by Crippen LogP contribution is 2.42. The molecule has 2 heterocycles. The van der Waals surface area contributed by atoms with E-state index < -0.39 is 47.5 Å². The van der Waals surface area contributed by atoms with E-state index in [1.165, 1.54) is 20.3 Å². The summed E-state index contributed by atoms with van der Waals surface area (Å²) < 4.78 is 20.0. The average molecular weight is 674 g/mol. The van der Waals surface area contributed by atoms with Crippen molar-refractivity contribution in [1.82, 2.24) is 9.80 Å². The van der Waals surface area contributed by atoms with Crippen LogP contribution in [0.15, 0.2) is 86.0 Å². The van der Waals surface area contributed by atoms with Crippen LogP contribution in [-0.4, -0.2) is 84.9 Å². The molecule has 0 saturated carbocycles. The molecule has 2 amide bonds. The number of carbonyl (C=O) groups is 6. The third kappa shape index (κ3) is 8.98. The summed E-state index contributed by atoms with van der Waals surface area (Å²) in [6.45, 7) is 6.79. The number of ether oxygens (including phenoxy) is 4. The zero-order valence-corrected chi connectivity index (χ0v) is 27.4. The van der Waals surface area contributed by atoms with Crippen LogP contribution in [-0.2, 0) is 51.3 Å². The number of amides is 2. The number of esters is 2. The monoisotopic (exact) mass is 673 g/mol. The summed E-state index contributed by atoms with van der Waals surface area (Å²) >= 11 is 0. The molecule has 2 aromatic carbocycles. The Balaban J connectivity index is 0.000000267. The summed E-state index contributed by atoms with van der Waals surface area (Å²) in [6, 6.07) is 17.9. The van der Waals surface area contributed by atoms with Gasteiger partial charge >= 0.3 is 24.1 Å². The van der Waals surface area contributed by atoms with Crippen molar-refractivity contribution in [1.29, 1.82) is 5.26 Å². The van der Waals surface area contributed by atoms with Crippen LogP contribution in [0.1, 0.15) is 30.4 Å². The summed E-state index contributed by atoms with van der Waals surface area (Å²) in [5.41, 5.74) is 0.231. The molecule has 2 saturated heterocycles. The largest absolute Gasteiger partial charge is 0.467 e. The van der Waals surface area contributed by atoms with E-state index in [1.807, 2.05) is 54.6 Å². The van der Waals surface area contributed by atoms with Gasteiger partial charge in [-0.3, -0.25) is 19.4 Å². The molecular weight excluding hydrogens is 634 g/mol. The molecule has 258 valence electrons. The van der Waals surface area contributed by atoms with Crippen LogP contribution in [0.25, 0.3) is 0 Å². The Kier molecular flexibility index (Phi) is 13.8. The van der Waals surface area contributed by atoms with Crippen LogP contribution in [0.2, 0.25) is 0 Å². The van der Waals surface area contributed by atoms with Gasteiger partial charge in [-0.25, -0.2) is 19.2 Å². The Bertz CT molecular complexity index is 1570. The maximum absolute atomic E-state index is 12.6. The zero-order valence-electron chi connectivity index (χ0n) is 27.4. The maximum Gasteiger partial charge on any atom is 0.411 e. The van der Waals surface area contributed by atoms with Crippen molar-refractivity contribution < 1.29 is 47.7 Å². The first-order chi connectivity index (χ1) is 23.6. The van der Waals surface area contributed by atoms with E-state index in [-0.39, 0.29) is 50.7 Å². The van der Waals surface area contributed by atoms with Crippen molar-refractivity contribution in [3.05, 3.63) is 97.1 Å². The topological polar surface area (TPSA) is 170 Å².